The van der Waals surface area contributed by atoms with Gasteiger partial charge in [0.15, 0.2) is 5.82 Å². The van der Waals surface area contributed by atoms with Crippen LogP contribution in [0.5, 0.6) is 0 Å². The van der Waals surface area contributed by atoms with Gasteiger partial charge in [-0.2, -0.15) is 0 Å². The van der Waals surface area contributed by atoms with Gasteiger partial charge >= 0.3 is 5.97 Å². The van der Waals surface area contributed by atoms with Crippen LogP contribution in [-0.2, 0) is 4.74 Å². The number of aromatic nitrogens is 2. The number of benzene rings is 2. The van der Waals surface area contributed by atoms with Gasteiger partial charge in [0.05, 0.1) is 18.1 Å². The molecule has 0 fully saturated rings. The Morgan fingerprint density at radius 1 is 1.04 bits per heavy atom. The van der Waals surface area contributed by atoms with E-state index in [1.54, 1.807) is 18.3 Å². The van der Waals surface area contributed by atoms with Crippen molar-refractivity contribution in [1.29, 1.82) is 0 Å². The van der Waals surface area contributed by atoms with Crippen LogP contribution in [0.4, 0.5) is 0 Å². The van der Waals surface area contributed by atoms with Crippen LogP contribution in [0.15, 0.2) is 65.3 Å². The van der Waals surface area contributed by atoms with E-state index in [4.69, 9.17) is 4.74 Å². The minimum Gasteiger partial charge on any atom is -0.465 e. The highest BCUT2D eigenvalue weighted by Crippen LogP contribution is 2.33. The van der Waals surface area contributed by atoms with E-state index in [1.807, 2.05) is 34.9 Å². The molecule has 4 aromatic rings. The molecule has 0 amide bonds. The topological polar surface area (TPSA) is 44.1 Å². The molecule has 2 aromatic carbocycles. The number of para-hydroxylation sites is 1. The summed E-state index contributed by atoms with van der Waals surface area (Å²) < 4.78 is 7.89. The van der Waals surface area contributed by atoms with Crippen molar-refractivity contribution in [3.63, 3.8) is 0 Å². The first-order chi connectivity index (χ1) is 11.7. The van der Waals surface area contributed by atoms with Crippen molar-refractivity contribution < 1.29 is 9.53 Å². The summed E-state index contributed by atoms with van der Waals surface area (Å²) in [5.41, 5.74) is 2.41. The normalized spacial score (nSPS) is 11.1. The molecule has 0 N–H and O–H groups in total. The van der Waals surface area contributed by atoms with Crippen LogP contribution in [-0.4, -0.2) is 22.6 Å². The minimum absolute atomic E-state index is 0.404. The number of carbonyl (C=O) groups is 1. The molecule has 0 saturated heterocycles. The van der Waals surface area contributed by atoms with E-state index in [-0.39, 0.29) is 0 Å². The summed E-state index contributed by atoms with van der Waals surface area (Å²) in [6.45, 7) is 0. The molecule has 0 unspecified atom stereocenters. The van der Waals surface area contributed by atoms with Crippen LogP contribution in [0.2, 0.25) is 0 Å². The fourth-order valence-electron chi connectivity index (χ4n) is 3.02. The molecule has 5 heteroatoms. The Morgan fingerprint density at radius 2 is 1.83 bits per heavy atom. The molecule has 0 aliphatic heterocycles. The zero-order valence-corrected chi connectivity index (χ0v) is 14.4. The maximum Gasteiger partial charge on any atom is 0.341 e. The number of ether oxygens (including phenoxy) is 1. The summed E-state index contributed by atoms with van der Waals surface area (Å²) in [4.78, 5) is 16.7. The molecule has 0 aliphatic carbocycles. The van der Waals surface area contributed by atoms with E-state index in [0.29, 0.717) is 11.4 Å². The van der Waals surface area contributed by atoms with Gasteiger partial charge in [-0.15, -0.1) is 0 Å². The first-order valence-electron chi connectivity index (χ1n) is 7.43. The van der Waals surface area contributed by atoms with Crippen molar-refractivity contribution in [2.75, 3.05) is 7.11 Å². The van der Waals surface area contributed by atoms with Gasteiger partial charge in [0, 0.05) is 21.4 Å². The van der Waals surface area contributed by atoms with E-state index in [2.05, 4.69) is 33.0 Å². The SMILES string of the molecule is COC(=O)c1cccnc1-n1c2ccccc2c2ccc(Br)cc21. The second-order valence-electron chi connectivity index (χ2n) is 5.38. The first-order valence-corrected chi connectivity index (χ1v) is 8.22. The van der Waals surface area contributed by atoms with Crippen molar-refractivity contribution in [1.82, 2.24) is 9.55 Å². The monoisotopic (exact) mass is 380 g/mol. The number of fused-ring (bicyclic) bond motifs is 3. The molecule has 118 valence electrons. The van der Waals surface area contributed by atoms with Crippen LogP contribution in [0, 0.1) is 0 Å². The molecular weight excluding hydrogens is 368 g/mol. The fraction of sp³-hybridized carbons (Fsp3) is 0.0526. The van der Waals surface area contributed by atoms with Gasteiger partial charge in [-0.05, 0) is 30.3 Å². The Bertz CT molecular complexity index is 1090. The predicted molar refractivity (Wildman–Crippen MR) is 97.6 cm³/mol. The van der Waals surface area contributed by atoms with Gasteiger partial charge in [-0.3, -0.25) is 4.57 Å². The lowest BCUT2D eigenvalue weighted by atomic mass is 10.2. The molecule has 0 radical (unpaired) electrons. The lowest BCUT2D eigenvalue weighted by Gasteiger charge is -2.10. The molecular formula is C19H13BrN2O2. The van der Waals surface area contributed by atoms with Gasteiger partial charge in [0.1, 0.15) is 5.56 Å². The maximum absolute atomic E-state index is 12.2. The number of halogens is 1. The average Bonchev–Trinajstić information content (AvgIpc) is 2.94. The molecule has 2 aromatic heterocycles. The Hall–Kier alpha value is -2.66. The zero-order valence-electron chi connectivity index (χ0n) is 12.9. The van der Waals surface area contributed by atoms with Gasteiger partial charge < -0.3 is 4.74 Å². The molecule has 0 aliphatic rings. The van der Waals surface area contributed by atoms with Crippen LogP contribution in [0.25, 0.3) is 27.6 Å². The molecule has 2 heterocycles. The molecule has 0 spiro atoms. The second kappa shape index (κ2) is 5.76. The largest absolute Gasteiger partial charge is 0.465 e. The number of pyridine rings is 1. The lowest BCUT2D eigenvalue weighted by molar-refractivity contribution is 0.0600. The molecule has 24 heavy (non-hydrogen) atoms. The van der Waals surface area contributed by atoms with Crippen molar-refractivity contribution in [2.45, 2.75) is 0 Å². The summed E-state index contributed by atoms with van der Waals surface area (Å²) in [5.74, 6) is 0.160. The Morgan fingerprint density at radius 3 is 2.67 bits per heavy atom. The summed E-state index contributed by atoms with van der Waals surface area (Å²) in [5, 5.41) is 2.22. The van der Waals surface area contributed by atoms with Crippen LogP contribution in [0.3, 0.4) is 0 Å². The van der Waals surface area contributed by atoms with Crippen LogP contribution >= 0.6 is 15.9 Å². The molecule has 4 rings (SSSR count). The smallest absolute Gasteiger partial charge is 0.341 e. The van der Waals surface area contributed by atoms with Gasteiger partial charge in [-0.25, -0.2) is 9.78 Å². The summed E-state index contributed by atoms with van der Waals surface area (Å²) >= 11 is 3.53. The van der Waals surface area contributed by atoms with Crippen molar-refractivity contribution >= 4 is 43.7 Å². The molecule has 0 saturated carbocycles. The highest BCUT2D eigenvalue weighted by molar-refractivity contribution is 9.10. The third-order valence-electron chi connectivity index (χ3n) is 4.04. The Kier molecular flexibility index (Phi) is 3.58. The first kappa shape index (κ1) is 14.9. The van der Waals surface area contributed by atoms with Crippen molar-refractivity contribution in [3.8, 4) is 5.82 Å². The Labute approximate surface area is 146 Å². The number of hydrogen-bond acceptors (Lipinski definition) is 3. The van der Waals surface area contributed by atoms with Crippen LogP contribution < -0.4 is 0 Å². The third-order valence-corrected chi connectivity index (χ3v) is 4.53. The van der Waals surface area contributed by atoms with Gasteiger partial charge in [0.2, 0.25) is 0 Å². The van der Waals surface area contributed by atoms with E-state index in [1.165, 1.54) is 7.11 Å². The third kappa shape index (κ3) is 2.20. The standard InChI is InChI=1S/C19H13BrN2O2/c1-24-19(23)15-6-4-10-21-18(15)22-16-7-3-2-5-13(16)14-9-8-12(20)11-17(14)22/h2-11H,1H3. The number of hydrogen-bond donors (Lipinski definition) is 0. The number of methoxy groups -OCH3 is 1. The summed E-state index contributed by atoms with van der Waals surface area (Å²) in [7, 11) is 1.38. The fourth-order valence-corrected chi connectivity index (χ4v) is 3.37. The number of rotatable bonds is 2. The predicted octanol–water partition coefficient (Wildman–Crippen LogP) is 4.73. The lowest BCUT2D eigenvalue weighted by Crippen LogP contribution is -2.09. The van der Waals surface area contributed by atoms with E-state index in [0.717, 1.165) is 26.3 Å². The van der Waals surface area contributed by atoms with Gasteiger partial charge in [0.25, 0.3) is 0 Å². The highest BCUT2D eigenvalue weighted by Gasteiger charge is 2.19. The zero-order chi connectivity index (χ0) is 16.7. The summed E-state index contributed by atoms with van der Waals surface area (Å²) in [6, 6.07) is 17.7. The molecule has 0 atom stereocenters. The number of nitrogens with zero attached hydrogens (tertiary/aromatic N) is 2. The van der Waals surface area contributed by atoms with Crippen LogP contribution in [0.1, 0.15) is 10.4 Å². The van der Waals surface area contributed by atoms with E-state index >= 15 is 0 Å². The average molecular weight is 381 g/mol. The van der Waals surface area contributed by atoms with Crippen molar-refractivity contribution in [2.24, 2.45) is 0 Å². The Balaban J connectivity index is 2.17. The highest BCUT2D eigenvalue weighted by atomic mass is 79.9. The van der Waals surface area contributed by atoms with E-state index < -0.39 is 5.97 Å². The van der Waals surface area contributed by atoms with E-state index in [9.17, 15) is 4.79 Å². The number of esters is 1. The minimum atomic E-state index is -0.404. The maximum atomic E-state index is 12.2. The quantitative estimate of drug-likeness (QED) is 0.472. The van der Waals surface area contributed by atoms with Gasteiger partial charge in [-0.1, -0.05) is 40.2 Å². The van der Waals surface area contributed by atoms with Crippen molar-refractivity contribution in [3.05, 3.63) is 70.8 Å². The summed E-state index contributed by atoms with van der Waals surface area (Å²) in [6.07, 6.45) is 1.68. The molecule has 4 nitrogen and oxygen atoms in total. The second-order valence-corrected chi connectivity index (χ2v) is 6.30. The number of carbonyl (C=O) groups excluding carboxylic acids is 1. The molecule has 0 bridgehead atoms.